The van der Waals surface area contributed by atoms with E-state index in [4.69, 9.17) is 5.11 Å². The van der Waals surface area contributed by atoms with Crippen LogP contribution in [0.15, 0.2) is 29.9 Å². The van der Waals surface area contributed by atoms with Crippen LogP contribution in [0.4, 0.5) is 0 Å². The van der Waals surface area contributed by atoms with Gasteiger partial charge in [0.15, 0.2) is 0 Å². The van der Waals surface area contributed by atoms with Crippen molar-refractivity contribution in [3.05, 3.63) is 40.6 Å². The van der Waals surface area contributed by atoms with Gasteiger partial charge in [-0.3, -0.25) is 10.1 Å². The Morgan fingerprint density at radius 3 is 2.95 bits per heavy atom. The van der Waals surface area contributed by atoms with Crippen LogP contribution >= 0.6 is 11.3 Å². The monoisotopic (exact) mass is 279 g/mol. The van der Waals surface area contributed by atoms with E-state index < -0.39 is 5.97 Å². The average molecular weight is 279 g/mol. The van der Waals surface area contributed by atoms with Gasteiger partial charge in [0.05, 0.1) is 18.5 Å². The Morgan fingerprint density at radius 2 is 2.42 bits per heavy atom. The summed E-state index contributed by atoms with van der Waals surface area (Å²) >= 11 is 1.56. The molecule has 0 aliphatic heterocycles. The second-order valence-corrected chi connectivity index (χ2v) is 5.43. The second-order valence-electron chi connectivity index (χ2n) is 4.45. The molecule has 0 spiro atoms. The fourth-order valence-electron chi connectivity index (χ4n) is 2.08. The SMILES string of the molecule is CC(NC(CC(=O)O)c1cccs1)c1nccn1C. The lowest BCUT2D eigenvalue weighted by Gasteiger charge is -2.21. The van der Waals surface area contributed by atoms with E-state index in [1.54, 1.807) is 17.5 Å². The summed E-state index contributed by atoms with van der Waals surface area (Å²) in [5.41, 5.74) is 0. The number of aryl methyl sites for hydroxylation is 1. The minimum absolute atomic E-state index is 0.00792. The number of carboxylic acids is 1. The molecule has 0 radical (unpaired) electrons. The topological polar surface area (TPSA) is 67.2 Å². The predicted octanol–water partition coefficient (Wildman–Crippen LogP) is 2.35. The number of thiophene rings is 1. The number of hydrogen-bond acceptors (Lipinski definition) is 4. The molecule has 0 aliphatic carbocycles. The highest BCUT2D eigenvalue weighted by molar-refractivity contribution is 7.10. The molecule has 0 bridgehead atoms. The first kappa shape index (κ1) is 13.8. The van der Waals surface area contributed by atoms with Crippen molar-refractivity contribution < 1.29 is 9.90 Å². The Bertz CT molecular complexity index is 536. The summed E-state index contributed by atoms with van der Waals surface area (Å²) in [6, 6.07) is 3.69. The molecule has 6 heteroatoms. The second kappa shape index (κ2) is 5.99. The molecule has 2 rings (SSSR count). The number of hydrogen-bond donors (Lipinski definition) is 2. The van der Waals surface area contributed by atoms with Gasteiger partial charge in [-0.2, -0.15) is 0 Å². The molecular weight excluding hydrogens is 262 g/mol. The largest absolute Gasteiger partial charge is 0.481 e. The summed E-state index contributed by atoms with van der Waals surface area (Å²) in [5, 5.41) is 14.3. The Kier molecular flexibility index (Phi) is 4.34. The van der Waals surface area contributed by atoms with Gasteiger partial charge in [0.25, 0.3) is 0 Å². The van der Waals surface area contributed by atoms with Crippen LogP contribution in [0.5, 0.6) is 0 Å². The van der Waals surface area contributed by atoms with Crippen LogP contribution in [-0.2, 0) is 11.8 Å². The van der Waals surface area contributed by atoms with Gasteiger partial charge in [-0.25, -0.2) is 4.98 Å². The van der Waals surface area contributed by atoms with Crippen LogP contribution in [0, 0.1) is 0 Å². The van der Waals surface area contributed by atoms with E-state index in [0.29, 0.717) is 0 Å². The van der Waals surface area contributed by atoms with Gasteiger partial charge in [0.2, 0.25) is 0 Å². The van der Waals surface area contributed by atoms with Gasteiger partial charge in [0, 0.05) is 24.3 Å². The standard InChI is InChI=1S/C13H17N3O2S/c1-9(13-14-5-6-16(13)2)15-10(8-12(17)18)11-4-3-7-19-11/h3-7,9-10,15H,8H2,1-2H3,(H,17,18). The molecule has 0 saturated carbocycles. The molecule has 2 heterocycles. The van der Waals surface area contributed by atoms with E-state index in [1.807, 2.05) is 42.2 Å². The lowest BCUT2D eigenvalue weighted by molar-refractivity contribution is -0.137. The maximum atomic E-state index is 11.0. The quantitative estimate of drug-likeness (QED) is 0.851. The van der Waals surface area contributed by atoms with Crippen LogP contribution in [0.2, 0.25) is 0 Å². The third kappa shape index (κ3) is 3.42. The molecule has 0 saturated heterocycles. The molecule has 0 aliphatic rings. The summed E-state index contributed by atoms with van der Waals surface area (Å²) in [4.78, 5) is 16.3. The number of carbonyl (C=O) groups is 1. The highest BCUT2D eigenvalue weighted by Gasteiger charge is 2.20. The molecule has 0 amide bonds. The summed E-state index contributed by atoms with van der Waals surface area (Å²) in [7, 11) is 1.93. The van der Waals surface area contributed by atoms with E-state index >= 15 is 0 Å². The summed E-state index contributed by atoms with van der Waals surface area (Å²) in [6.07, 6.45) is 3.69. The first-order valence-electron chi connectivity index (χ1n) is 6.06. The van der Waals surface area contributed by atoms with E-state index in [-0.39, 0.29) is 18.5 Å². The molecular formula is C13H17N3O2S. The van der Waals surface area contributed by atoms with Gasteiger partial charge >= 0.3 is 5.97 Å². The first-order chi connectivity index (χ1) is 9.08. The Balaban J connectivity index is 2.12. The third-order valence-electron chi connectivity index (χ3n) is 2.96. The Morgan fingerprint density at radius 1 is 1.63 bits per heavy atom. The summed E-state index contributed by atoms with van der Waals surface area (Å²) < 4.78 is 1.93. The molecule has 5 nitrogen and oxygen atoms in total. The van der Waals surface area contributed by atoms with E-state index in [1.165, 1.54) is 0 Å². The lowest BCUT2D eigenvalue weighted by atomic mass is 10.1. The molecule has 19 heavy (non-hydrogen) atoms. The Labute approximate surface area is 115 Å². The predicted molar refractivity (Wildman–Crippen MR) is 74.1 cm³/mol. The van der Waals surface area contributed by atoms with Crippen LogP contribution in [0.25, 0.3) is 0 Å². The van der Waals surface area contributed by atoms with Crippen molar-refractivity contribution in [1.82, 2.24) is 14.9 Å². The van der Waals surface area contributed by atoms with E-state index in [0.717, 1.165) is 10.7 Å². The van der Waals surface area contributed by atoms with Crippen molar-refractivity contribution in [3.8, 4) is 0 Å². The van der Waals surface area contributed by atoms with E-state index in [9.17, 15) is 4.79 Å². The van der Waals surface area contributed by atoms with Crippen molar-refractivity contribution in [2.24, 2.45) is 7.05 Å². The van der Waals surface area contributed by atoms with E-state index in [2.05, 4.69) is 10.3 Å². The van der Waals surface area contributed by atoms with Crippen LogP contribution < -0.4 is 5.32 Å². The van der Waals surface area contributed by atoms with Crippen molar-refractivity contribution in [2.45, 2.75) is 25.4 Å². The van der Waals surface area contributed by atoms with Crippen molar-refractivity contribution >= 4 is 17.3 Å². The highest BCUT2D eigenvalue weighted by atomic mass is 32.1. The molecule has 0 aromatic carbocycles. The zero-order valence-corrected chi connectivity index (χ0v) is 11.7. The fourth-order valence-corrected chi connectivity index (χ4v) is 2.86. The number of aromatic nitrogens is 2. The third-order valence-corrected chi connectivity index (χ3v) is 3.95. The van der Waals surface area contributed by atoms with Crippen molar-refractivity contribution in [3.63, 3.8) is 0 Å². The lowest BCUT2D eigenvalue weighted by Crippen LogP contribution is -2.27. The van der Waals surface area contributed by atoms with Gasteiger partial charge in [0.1, 0.15) is 5.82 Å². The normalized spacial score (nSPS) is 14.2. The number of rotatable bonds is 6. The van der Waals surface area contributed by atoms with Crippen LogP contribution in [0.3, 0.4) is 0 Å². The molecule has 2 aromatic rings. The molecule has 2 unspecified atom stereocenters. The van der Waals surface area contributed by atoms with Crippen LogP contribution in [-0.4, -0.2) is 20.6 Å². The minimum atomic E-state index is -0.807. The number of carboxylic acid groups (broad SMARTS) is 1. The number of nitrogens with one attached hydrogen (secondary N) is 1. The minimum Gasteiger partial charge on any atom is -0.481 e. The van der Waals surface area contributed by atoms with Gasteiger partial charge in [-0.05, 0) is 18.4 Å². The van der Waals surface area contributed by atoms with Gasteiger partial charge in [-0.15, -0.1) is 11.3 Å². The smallest absolute Gasteiger partial charge is 0.305 e. The number of imidazole rings is 1. The molecule has 0 fully saturated rings. The fraction of sp³-hybridized carbons (Fsp3) is 0.385. The van der Waals surface area contributed by atoms with Crippen molar-refractivity contribution in [2.75, 3.05) is 0 Å². The summed E-state index contributed by atoms with van der Waals surface area (Å²) in [5.74, 6) is 0.0879. The number of nitrogens with zero attached hydrogens (tertiary/aromatic N) is 2. The molecule has 102 valence electrons. The zero-order valence-electron chi connectivity index (χ0n) is 10.9. The maximum absolute atomic E-state index is 11.0. The van der Waals surface area contributed by atoms with Crippen LogP contribution in [0.1, 0.15) is 36.1 Å². The molecule has 2 N–H and O–H groups in total. The average Bonchev–Trinajstić information content (AvgIpc) is 2.97. The summed E-state index contributed by atoms with van der Waals surface area (Å²) in [6.45, 7) is 1.99. The zero-order chi connectivity index (χ0) is 13.8. The van der Waals surface area contributed by atoms with Gasteiger partial charge < -0.3 is 9.67 Å². The molecule has 2 aromatic heterocycles. The molecule has 2 atom stereocenters. The first-order valence-corrected chi connectivity index (χ1v) is 6.94. The number of aliphatic carboxylic acids is 1. The maximum Gasteiger partial charge on any atom is 0.305 e. The van der Waals surface area contributed by atoms with Gasteiger partial charge in [-0.1, -0.05) is 6.07 Å². The highest BCUT2D eigenvalue weighted by Crippen LogP contribution is 2.25. The van der Waals surface area contributed by atoms with Crippen molar-refractivity contribution in [1.29, 1.82) is 0 Å². The Hall–Kier alpha value is -1.66.